The molecule has 0 aromatic heterocycles. The first-order valence-corrected chi connectivity index (χ1v) is 7.54. The molecule has 1 heterocycles. The lowest BCUT2D eigenvalue weighted by molar-refractivity contribution is 0.342. The third kappa shape index (κ3) is 2.14. The van der Waals surface area contributed by atoms with E-state index < -0.39 is 0 Å². The minimum Gasteiger partial charge on any atom is -0.368 e. The number of benzene rings is 1. The Hall–Kier alpha value is -1.01. The van der Waals surface area contributed by atoms with Crippen LogP contribution in [0, 0.1) is 17.2 Å². The second-order valence-corrected chi connectivity index (χ2v) is 6.32. The second kappa shape index (κ2) is 4.93. The van der Waals surface area contributed by atoms with Crippen molar-refractivity contribution in [2.24, 2.45) is 5.92 Å². The lowest BCUT2D eigenvalue weighted by Gasteiger charge is -2.33. The number of rotatable bonds is 1. The number of anilines is 1. The van der Waals surface area contributed by atoms with Gasteiger partial charge in [0, 0.05) is 22.7 Å². The molecule has 2 fully saturated rings. The number of hydrogen-bond donors (Lipinski definition) is 0. The van der Waals surface area contributed by atoms with E-state index in [1.807, 2.05) is 12.1 Å². The lowest BCUT2D eigenvalue weighted by atomic mass is 9.85. The van der Waals surface area contributed by atoms with Crippen LogP contribution in [0.4, 0.5) is 5.69 Å². The quantitative estimate of drug-likeness (QED) is 0.781. The van der Waals surface area contributed by atoms with Crippen molar-refractivity contribution in [1.82, 2.24) is 0 Å². The van der Waals surface area contributed by atoms with Crippen molar-refractivity contribution in [2.75, 3.05) is 11.4 Å². The van der Waals surface area contributed by atoms with Crippen LogP contribution in [0.2, 0.25) is 0 Å². The summed E-state index contributed by atoms with van der Waals surface area (Å²) in [6.45, 7) is 1.15. The van der Waals surface area contributed by atoms with Gasteiger partial charge in [-0.15, -0.1) is 0 Å². The Morgan fingerprint density at radius 3 is 2.83 bits per heavy atom. The van der Waals surface area contributed by atoms with E-state index in [1.165, 1.54) is 37.8 Å². The Labute approximate surface area is 117 Å². The summed E-state index contributed by atoms with van der Waals surface area (Å²) in [7, 11) is 0. The maximum Gasteiger partial charge on any atom is 0.0992 e. The van der Waals surface area contributed by atoms with Crippen LogP contribution < -0.4 is 4.90 Å². The van der Waals surface area contributed by atoms with Gasteiger partial charge in [-0.05, 0) is 43.4 Å². The summed E-state index contributed by atoms with van der Waals surface area (Å²) in [4.78, 5) is 2.52. The molecule has 2 unspecified atom stereocenters. The van der Waals surface area contributed by atoms with Crippen LogP contribution in [0.3, 0.4) is 0 Å². The van der Waals surface area contributed by atoms with Crippen LogP contribution in [0.5, 0.6) is 0 Å². The van der Waals surface area contributed by atoms with Gasteiger partial charge in [-0.25, -0.2) is 0 Å². The predicted octanol–water partition coefficient (Wildman–Crippen LogP) is 4.09. The Morgan fingerprint density at radius 1 is 1.17 bits per heavy atom. The molecule has 1 saturated carbocycles. The molecule has 1 aromatic rings. The van der Waals surface area contributed by atoms with Gasteiger partial charge in [0.1, 0.15) is 0 Å². The van der Waals surface area contributed by atoms with Crippen LogP contribution in [-0.2, 0) is 0 Å². The van der Waals surface area contributed by atoms with E-state index in [0.29, 0.717) is 6.04 Å². The third-order valence-electron chi connectivity index (χ3n) is 4.35. The highest BCUT2D eigenvalue weighted by Crippen LogP contribution is 2.39. The van der Waals surface area contributed by atoms with E-state index in [4.69, 9.17) is 5.26 Å². The summed E-state index contributed by atoms with van der Waals surface area (Å²) in [6, 6.07) is 9.02. The fourth-order valence-electron chi connectivity index (χ4n) is 3.53. The summed E-state index contributed by atoms with van der Waals surface area (Å²) >= 11 is 3.51. The number of hydrogen-bond acceptors (Lipinski definition) is 2. The van der Waals surface area contributed by atoms with Gasteiger partial charge in [-0.2, -0.15) is 5.26 Å². The Bertz CT molecular complexity index is 492. The summed E-state index contributed by atoms with van der Waals surface area (Å²) in [5.41, 5.74) is 1.97. The van der Waals surface area contributed by atoms with Gasteiger partial charge >= 0.3 is 0 Å². The zero-order chi connectivity index (χ0) is 12.5. The molecule has 1 aliphatic carbocycles. The Morgan fingerprint density at radius 2 is 2.00 bits per heavy atom. The molecule has 0 radical (unpaired) electrons. The number of fused-ring (bicyclic) bond motifs is 1. The highest BCUT2D eigenvalue weighted by Gasteiger charge is 2.35. The van der Waals surface area contributed by atoms with Crippen molar-refractivity contribution in [1.29, 1.82) is 5.26 Å². The molecule has 1 saturated heterocycles. The third-order valence-corrected chi connectivity index (χ3v) is 4.81. The molecule has 0 N–H and O–H groups in total. The number of nitriles is 1. The molecule has 1 aromatic carbocycles. The summed E-state index contributed by atoms with van der Waals surface area (Å²) < 4.78 is 1.01. The molecule has 0 bridgehead atoms. The fourth-order valence-corrected chi connectivity index (χ4v) is 4.01. The first-order valence-electron chi connectivity index (χ1n) is 6.75. The van der Waals surface area contributed by atoms with E-state index in [-0.39, 0.29) is 0 Å². The SMILES string of the molecule is N#Cc1cc(Br)cc(N2CCC3CCCCC32)c1. The minimum atomic E-state index is 0.708. The molecule has 0 spiro atoms. The van der Waals surface area contributed by atoms with E-state index in [1.54, 1.807) is 0 Å². The van der Waals surface area contributed by atoms with Gasteiger partial charge in [0.05, 0.1) is 11.6 Å². The van der Waals surface area contributed by atoms with Crippen LogP contribution in [0.15, 0.2) is 22.7 Å². The molecule has 3 heteroatoms. The van der Waals surface area contributed by atoms with Crippen molar-refractivity contribution >= 4 is 21.6 Å². The molecule has 0 amide bonds. The highest BCUT2D eigenvalue weighted by molar-refractivity contribution is 9.10. The predicted molar refractivity (Wildman–Crippen MR) is 76.6 cm³/mol. The highest BCUT2D eigenvalue weighted by atomic mass is 79.9. The smallest absolute Gasteiger partial charge is 0.0992 e. The van der Waals surface area contributed by atoms with E-state index >= 15 is 0 Å². The first kappa shape index (κ1) is 12.0. The molecule has 2 atom stereocenters. The normalized spacial score (nSPS) is 26.8. The van der Waals surface area contributed by atoms with Crippen LogP contribution in [0.25, 0.3) is 0 Å². The van der Waals surface area contributed by atoms with Gasteiger partial charge in [-0.3, -0.25) is 0 Å². The average molecular weight is 305 g/mol. The van der Waals surface area contributed by atoms with Crippen molar-refractivity contribution in [3.63, 3.8) is 0 Å². The van der Waals surface area contributed by atoms with Crippen LogP contribution in [-0.4, -0.2) is 12.6 Å². The van der Waals surface area contributed by atoms with Crippen molar-refractivity contribution in [3.05, 3.63) is 28.2 Å². The summed E-state index contributed by atoms with van der Waals surface area (Å²) in [6.07, 6.45) is 6.78. The molecule has 2 aliphatic rings. The lowest BCUT2D eigenvalue weighted by Crippen LogP contribution is -2.34. The molecule has 94 valence electrons. The summed E-state index contributed by atoms with van der Waals surface area (Å²) in [5.74, 6) is 0.878. The number of halogens is 1. The monoisotopic (exact) mass is 304 g/mol. The van der Waals surface area contributed by atoms with Crippen molar-refractivity contribution in [2.45, 2.75) is 38.1 Å². The molecule has 1 aliphatic heterocycles. The Kier molecular flexibility index (Phi) is 3.30. The molecule has 3 rings (SSSR count). The van der Waals surface area contributed by atoms with Crippen LogP contribution in [0.1, 0.15) is 37.7 Å². The van der Waals surface area contributed by atoms with E-state index in [9.17, 15) is 0 Å². The van der Waals surface area contributed by atoms with Gasteiger partial charge in [-0.1, -0.05) is 28.8 Å². The Balaban J connectivity index is 1.91. The standard InChI is InChI=1S/C15H17BrN2/c16-13-7-11(10-17)8-14(9-13)18-6-5-12-3-1-2-4-15(12)18/h7-9,12,15H,1-6H2. The average Bonchev–Trinajstić information content (AvgIpc) is 2.81. The fraction of sp³-hybridized carbons (Fsp3) is 0.533. The zero-order valence-corrected chi connectivity index (χ0v) is 12.0. The van der Waals surface area contributed by atoms with Gasteiger partial charge in [0.25, 0.3) is 0 Å². The second-order valence-electron chi connectivity index (χ2n) is 5.40. The maximum absolute atomic E-state index is 9.07. The number of nitrogens with zero attached hydrogens (tertiary/aromatic N) is 2. The molecule has 2 nitrogen and oxygen atoms in total. The van der Waals surface area contributed by atoms with Crippen molar-refractivity contribution in [3.8, 4) is 6.07 Å². The van der Waals surface area contributed by atoms with Crippen molar-refractivity contribution < 1.29 is 0 Å². The topological polar surface area (TPSA) is 27.0 Å². The van der Waals surface area contributed by atoms with Gasteiger partial charge < -0.3 is 4.90 Å². The molecular weight excluding hydrogens is 288 g/mol. The minimum absolute atomic E-state index is 0.708. The van der Waals surface area contributed by atoms with E-state index in [2.05, 4.69) is 33.0 Å². The van der Waals surface area contributed by atoms with Gasteiger partial charge in [0.2, 0.25) is 0 Å². The molecule has 18 heavy (non-hydrogen) atoms. The van der Waals surface area contributed by atoms with E-state index in [0.717, 1.165) is 22.5 Å². The molecular formula is C15H17BrN2. The van der Waals surface area contributed by atoms with Gasteiger partial charge in [0.15, 0.2) is 0 Å². The van der Waals surface area contributed by atoms with Crippen LogP contribution >= 0.6 is 15.9 Å². The zero-order valence-electron chi connectivity index (χ0n) is 10.4. The summed E-state index contributed by atoms with van der Waals surface area (Å²) in [5, 5.41) is 9.07. The maximum atomic E-state index is 9.07. The first-order chi connectivity index (χ1) is 8.78. The largest absolute Gasteiger partial charge is 0.368 e.